The highest BCUT2D eigenvalue weighted by molar-refractivity contribution is 7.93. The summed E-state index contributed by atoms with van der Waals surface area (Å²) < 4.78 is 39.2. The Labute approximate surface area is 204 Å². The van der Waals surface area contributed by atoms with Crippen LogP contribution in [0.25, 0.3) is 0 Å². The van der Waals surface area contributed by atoms with Gasteiger partial charge in [-0.15, -0.1) is 0 Å². The lowest BCUT2D eigenvalue weighted by atomic mass is 10.2. The Balaban J connectivity index is 1.99. The van der Waals surface area contributed by atoms with Crippen LogP contribution in [0, 0.1) is 6.92 Å². The van der Waals surface area contributed by atoms with Gasteiger partial charge in [0.15, 0.2) is 0 Å². The zero-order valence-corrected chi connectivity index (χ0v) is 20.7. The van der Waals surface area contributed by atoms with Crippen LogP contribution in [0.1, 0.15) is 12.5 Å². The summed E-state index contributed by atoms with van der Waals surface area (Å²) >= 11 is 0. The van der Waals surface area contributed by atoms with E-state index in [2.05, 4.69) is 10.6 Å². The zero-order chi connectivity index (χ0) is 25.6. The van der Waals surface area contributed by atoms with Crippen molar-refractivity contribution in [3.8, 4) is 11.5 Å². The van der Waals surface area contributed by atoms with Gasteiger partial charge in [0.1, 0.15) is 22.9 Å². The fraction of sp³-hybridized carbons (Fsp3) is 0.200. The molecule has 2 N–H and O–H groups in total. The number of benzene rings is 3. The van der Waals surface area contributed by atoms with E-state index in [1.807, 2.05) is 0 Å². The van der Waals surface area contributed by atoms with Gasteiger partial charge in [0.25, 0.3) is 10.0 Å². The number of ether oxygens (including phenoxy) is 2. The summed E-state index contributed by atoms with van der Waals surface area (Å²) in [6, 6.07) is 17.8. The van der Waals surface area contributed by atoms with E-state index in [9.17, 15) is 18.0 Å². The number of aryl methyl sites for hydroxylation is 1. The Kier molecular flexibility index (Phi) is 7.98. The number of sulfonamides is 1. The van der Waals surface area contributed by atoms with Gasteiger partial charge < -0.3 is 20.1 Å². The number of methoxy groups -OCH3 is 2. The molecular weight excluding hydrogens is 470 g/mol. The van der Waals surface area contributed by atoms with Crippen LogP contribution < -0.4 is 24.4 Å². The van der Waals surface area contributed by atoms with E-state index in [0.717, 1.165) is 4.31 Å². The minimum atomic E-state index is -4.22. The monoisotopic (exact) mass is 497 g/mol. The van der Waals surface area contributed by atoms with Gasteiger partial charge in [0.05, 0.1) is 19.9 Å². The fourth-order valence-corrected chi connectivity index (χ4v) is 5.05. The topological polar surface area (TPSA) is 114 Å². The van der Waals surface area contributed by atoms with Gasteiger partial charge in [-0.25, -0.2) is 8.42 Å². The summed E-state index contributed by atoms with van der Waals surface area (Å²) in [5.41, 5.74) is 1.86. The number of nitrogens with one attached hydrogen (secondary N) is 2. The van der Waals surface area contributed by atoms with E-state index >= 15 is 0 Å². The van der Waals surface area contributed by atoms with E-state index in [-0.39, 0.29) is 22.2 Å². The molecule has 0 saturated heterocycles. The van der Waals surface area contributed by atoms with Crippen molar-refractivity contribution in [3.63, 3.8) is 0 Å². The van der Waals surface area contributed by atoms with Crippen LogP contribution in [0.15, 0.2) is 71.6 Å². The van der Waals surface area contributed by atoms with Gasteiger partial charge in [0, 0.05) is 24.4 Å². The highest BCUT2D eigenvalue weighted by Gasteiger charge is 2.30. The zero-order valence-electron chi connectivity index (χ0n) is 19.9. The van der Waals surface area contributed by atoms with Crippen LogP contribution in [0.5, 0.6) is 11.5 Å². The number of amides is 2. The molecule has 2 amide bonds. The Bertz CT molecular complexity index is 1340. The lowest BCUT2D eigenvalue weighted by molar-refractivity contribution is -0.115. The molecule has 0 heterocycles. The number of anilines is 3. The Morgan fingerprint density at radius 2 is 1.57 bits per heavy atom. The van der Waals surface area contributed by atoms with Gasteiger partial charge in [-0.05, 0) is 55.0 Å². The number of carbonyl (C=O) groups excluding carboxylic acids is 2. The Hall–Kier alpha value is -4.05. The number of nitrogens with zero attached hydrogens (tertiary/aromatic N) is 1. The molecule has 0 aromatic heterocycles. The maximum absolute atomic E-state index is 13.8. The second-order valence-electron chi connectivity index (χ2n) is 7.68. The third-order valence-electron chi connectivity index (χ3n) is 4.98. The maximum atomic E-state index is 13.8. The summed E-state index contributed by atoms with van der Waals surface area (Å²) in [6.45, 7) is 2.63. The molecule has 0 saturated carbocycles. The first-order valence-electron chi connectivity index (χ1n) is 10.6. The molecule has 9 nitrogen and oxygen atoms in total. The van der Waals surface area contributed by atoms with Crippen LogP contribution in [-0.4, -0.2) is 41.0 Å². The highest BCUT2D eigenvalue weighted by Crippen LogP contribution is 2.32. The molecule has 35 heavy (non-hydrogen) atoms. The molecule has 0 spiro atoms. The highest BCUT2D eigenvalue weighted by atomic mass is 32.2. The molecule has 3 aromatic carbocycles. The molecule has 0 radical (unpaired) electrons. The molecule has 0 aliphatic carbocycles. The van der Waals surface area contributed by atoms with Crippen molar-refractivity contribution in [3.05, 3.63) is 72.3 Å². The third kappa shape index (κ3) is 6.30. The van der Waals surface area contributed by atoms with Crippen molar-refractivity contribution in [1.82, 2.24) is 0 Å². The fourth-order valence-electron chi connectivity index (χ4n) is 3.39. The Morgan fingerprint density at radius 3 is 2.23 bits per heavy atom. The largest absolute Gasteiger partial charge is 0.497 e. The molecule has 3 rings (SSSR count). The predicted molar refractivity (Wildman–Crippen MR) is 135 cm³/mol. The van der Waals surface area contributed by atoms with Crippen LogP contribution >= 0.6 is 0 Å². The molecule has 0 aliphatic heterocycles. The molecule has 3 aromatic rings. The Morgan fingerprint density at radius 1 is 0.886 bits per heavy atom. The number of hydrogen-bond acceptors (Lipinski definition) is 6. The SMILES string of the molecule is COc1cccc(N(CC(=O)Nc2cccc(NC(C)=O)c2)S(=O)(=O)c2cc(C)ccc2OC)c1. The van der Waals surface area contributed by atoms with Crippen LogP contribution in [-0.2, 0) is 19.6 Å². The lowest BCUT2D eigenvalue weighted by Gasteiger charge is -2.25. The molecule has 0 atom stereocenters. The second kappa shape index (κ2) is 10.9. The lowest BCUT2D eigenvalue weighted by Crippen LogP contribution is -2.38. The van der Waals surface area contributed by atoms with Crippen LogP contribution in [0.4, 0.5) is 17.1 Å². The minimum Gasteiger partial charge on any atom is -0.497 e. The minimum absolute atomic E-state index is 0.0664. The molecule has 10 heteroatoms. The summed E-state index contributed by atoms with van der Waals surface area (Å²) in [4.78, 5) is 24.3. The first kappa shape index (κ1) is 25.6. The van der Waals surface area contributed by atoms with Gasteiger partial charge in [0.2, 0.25) is 11.8 Å². The number of rotatable bonds is 9. The molecule has 0 fully saturated rings. The summed E-state index contributed by atoms with van der Waals surface area (Å²) in [7, 11) is -1.37. The van der Waals surface area contributed by atoms with Crippen molar-refractivity contribution < 1.29 is 27.5 Å². The summed E-state index contributed by atoms with van der Waals surface area (Å²) in [6.07, 6.45) is 0. The van der Waals surface area contributed by atoms with Gasteiger partial charge in [-0.1, -0.05) is 18.2 Å². The quantitative estimate of drug-likeness (QED) is 0.465. The summed E-state index contributed by atoms with van der Waals surface area (Å²) in [5, 5.41) is 5.33. The maximum Gasteiger partial charge on any atom is 0.268 e. The van der Waals surface area contributed by atoms with Gasteiger partial charge in [-0.3, -0.25) is 13.9 Å². The standard InChI is InChI=1S/C25H27N3O6S/c1-17-11-12-23(34-4)24(13-17)35(31,32)28(21-9-6-10-22(15-21)33-3)16-25(30)27-20-8-5-7-19(14-20)26-18(2)29/h5-15H,16H2,1-4H3,(H,26,29)(H,27,30). The van der Waals surface area contributed by atoms with Crippen molar-refractivity contribution in [1.29, 1.82) is 0 Å². The van der Waals surface area contributed by atoms with Crippen molar-refractivity contribution in [2.24, 2.45) is 0 Å². The first-order chi connectivity index (χ1) is 16.6. The van der Waals surface area contributed by atoms with Crippen LogP contribution in [0.3, 0.4) is 0 Å². The molecule has 184 valence electrons. The molecule has 0 aliphatic rings. The normalized spacial score (nSPS) is 10.9. The molecular formula is C25H27N3O6S. The average Bonchev–Trinajstić information content (AvgIpc) is 2.82. The van der Waals surface area contributed by atoms with Crippen molar-refractivity contribution in [2.75, 3.05) is 35.7 Å². The van der Waals surface area contributed by atoms with E-state index < -0.39 is 22.5 Å². The van der Waals surface area contributed by atoms with E-state index in [4.69, 9.17) is 9.47 Å². The van der Waals surface area contributed by atoms with E-state index in [1.54, 1.807) is 61.5 Å². The smallest absolute Gasteiger partial charge is 0.268 e. The van der Waals surface area contributed by atoms with Crippen molar-refractivity contribution >= 4 is 38.9 Å². The first-order valence-corrected chi connectivity index (χ1v) is 12.1. The predicted octanol–water partition coefficient (Wildman–Crippen LogP) is 3.80. The van der Waals surface area contributed by atoms with E-state index in [0.29, 0.717) is 22.7 Å². The second-order valence-corrected chi connectivity index (χ2v) is 9.51. The molecule has 0 bridgehead atoms. The van der Waals surface area contributed by atoms with Crippen LogP contribution in [0.2, 0.25) is 0 Å². The number of hydrogen-bond donors (Lipinski definition) is 2. The number of carbonyl (C=O) groups is 2. The summed E-state index contributed by atoms with van der Waals surface area (Å²) in [5.74, 6) is -0.243. The average molecular weight is 498 g/mol. The van der Waals surface area contributed by atoms with Gasteiger partial charge >= 0.3 is 0 Å². The van der Waals surface area contributed by atoms with E-state index in [1.165, 1.54) is 33.3 Å². The van der Waals surface area contributed by atoms with Gasteiger partial charge in [-0.2, -0.15) is 0 Å². The third-order valence-corrected chi connectivity index (χ3v) is 6.78. The van der Waals surface area contributed by atoms with Crippen molar-refractivity contribution in [2.45, 2.75) is 18.7 Å². The molecule has 0 unspecified atom stereocenters.